The normalized spacial score (nSPS) is 11.0. The second-order valence-corrected chi connectivity index (χ2v) is 5.77. The summed E-state index contributed by atoms with van der Waals surface area (Å²) >= 11 is 0. The van der Waals surface area contributed by atoms with E-state index in [9.17, 15) is 0 Å². The van der Waals surface area contributed by atoms with Gasteiger partial charge in [0.25, 0.3) is 0 Å². The van der Waals surface area contributed by atoms with E-state index in [0.717, 1.165) is 18.5 Å². The highest BCUT2D eigenvalue weighted by Gasteiger charge is 2.01. The van der Waals surface area contributed by atoms with Gasteiger partial charge in [-0.1, -0.05) is 66.7 Å². The predicted molar refractivity (Wildman–Crippen MR) is 98.2 cm³/mol. The molecule has 0 radical (unpaired) electrons. The van der Waals surface area contributed by atoms with Crippen LogP contribution in [0.4, 0.5) is 0 Å². The highest BCUT2D eigenvalue weighted by atomic mass is 14.7. The van der Waals surface area contributed by atoms with Gasteiger partial charge in [-0.2, -0.15) is 0 Å². The Labute approximate surface area is 138 Å². The van der Waals surface area contributed by atoms with Gasteiger partial charge in [0.2, 0.25) is 0 Å². The number of hydrogen-bond donors (Lipinski definition) is 0. The molecule has 2 aromatic carbocycles. The second-order valence-electron chi connectivity index (χ2n) is 5.77. The van der Waals surface area contributed by atoms with Crippen molar-refractivity contribution in [1.29, 1.82) is 0 Å². The minimum atomic E-state index is 1.02. The Morgan fingerprint density at radius 1 is 0.826 bits per heavy atom. The molecule has 0 atom stereocenters. The summed E-state index contributed by atoms with van der Waals surface area (Å²) in [6, 6.07) is 23.2. The first-order valence-corrected chi connectivity index (χ1v) is 8.04. The molecule has 3 aromatic rings. The lowest BCUT2D eigenvalue weighted by molar-refractivity contribution is 0.941. The maximum atomic E-state index is 4.52. The summed E-state index contributed by atoms with van der Waals surface area (Å²) in [4.78, 5) is 4.52. The molecule has 0 saturated heterocycles. The van der Waals surface area contributed by atoms with Crippen molar-refractivity contribution in [3.05, 3.63) is 101 Å². The van der Waals surface area contributed by atoms with E-state index in [-0.39, 0.29) is 0 Å². The molecule has 0 unspecified atom stereocenters. The Balaban J connectivity index is 1.72. The van der Waals surface area contributed by atoms with Crippen LogP contribution in [-0.2, 0) is 12.8 Å². The summed E-state index contributed by atoms with van der Waals surface area (Å²) in [5.41, 5.74) is 6.22. The zero-order chi connectivity index (χ0) is 15.9. The molecule has 0 N–H and O–H groups in total. The van der Waals surface area contributed by atoms with Crippen molar-refractivity contribution < 1.29 is 0 Å². The maximum absolute atomic E-state index is 4.52. The molecule has 0 amide bonds. The molecule has 0 fully saturated rings. The molecule has 114 valence electrons. The van der Waals surface area contributed by atoms with Crippen molar-refractivity contribution in [2.24, 2.45) is 0 Å². The minimum absolute atomic E-state index is 1.02. The van der Waals surface area contributed by atoms with Crippen LogP contribution < -0.4 is 0 Å². The Kier molecular flexibility index (Phi) is 5.00. The molecule has 1 aromatic heterocycles. The first-order chi connectivity index (χ1) is 11.3. The first-order valence-electron chi connectivity index (χ1n) is 8.04. The quantitative estimate of drug-likeness (QED) is 0.619. The van der Waals surface area contributed by atoms with Gasteiger partial charge in [0.1, 0.15) is 0 Å². The van der Waals surface area contributed by atoms with Gasteiger partial charge in [-0.15, -0.1) is 0 Å². The van der Waals surface area contributed by atoms with Crippen molar-refractivity contribution in [2.45, 2.75) is 19.8 Å². The largest absolute Gasteiger partial charge is 0.257 e. The van der Waals surface area contributed by atoms with E-state index < -0.39 is 0 Å². The second kappa shape index (κ2) is 7.55. The number of hydrogen-bond acceptors (Lipinski definition) is 1. The molecular formula is C22H21N. The highest BCUT2D eigenvalue weighted by Crippen LogP contribution is 2.14. The number of aryl methyl sites for hydroxylation is 3. The summed E-state index contributed by atoms with van der Waals surface area (Å²) in [5.74, 6) is 0. The topological polar surface area (TPSA) is 12.9 Å². The Hall–Kier alpha value is -2.67. The average molecular weight is 299 g/mol. The van der Waals surface area contributed by atoms with Crippen LogP contribution in [0.25, 0.3) is 12.2 Å². The fourth-order valence-electron chi connectivity index (χ4n) is 2.61. The third-order valence-electron chi connectivity index (χ3n) is 4.01. The van der Waals surface area contributed by atoms with Crippen LogP contribution in [0.15, 0.2) is 72.9 Å². The van der Waals surface area contributed by atoms with Gasteiger partial charge in [0, 0.05) is 6.20 Å². The van der Waals surface area contributed by atoms with E-state index in [4.69, 9.17) is 0 Å². The van der Waals surface area contributed by atoms with Gasteiger partial charge in [-0.05, 0) is 54.2 Å². The zero-order valence-electron chi connectivity index (χ0n) is 13.4. The van der Waals surface area contributed by atoms with Gasteiger partial charge in [-0.25, -0.2) is 0 Å². The van der Waals surface area contributed by atoms with E-state index in [1.165, 1.54) is 22.3 Å². The first kappa shape index (κ1) is 15.2. The summed E-state index contributed by atoms with van der Waals surface area (Å²) in [6.07, 6.45) is 8.28. The van der Waals surface area contributed by atoms with Crippen LogP contribution in [0.5, 0.6) is 0 Å². The SMILES string of the molecule is Cc1cnc(C=Cc2ccccc2)cc1CCc1ccccc1. The van der Waals surface area contributed by atoms with Crippen molar-refractivity contribution in [1.82, 2.24) is 4.98 Å². The number of aromatic nitrogens is 1. The number of nitrogens with zero attached hydrogens (tertiary/aromatic N) is 1. The van der Waals surface area contributed by atoms with Crippen molar-refractivity contribution in [3.8, 4) is 0 Å². The molecule has 3 rings (SSSR count). The predicted octanol–water partition coefficient (Wildman–Crippen LogP) is 5.35. The zero-order valence-corrected chi connectivity index (χ0v) is 13.4. The molecule has 0 aliphatic heterocycles. The minimum Gasteiger partial charge on any atom is -0.257 e. The third-order valence-corrected chi connectivity index (χ3v) is 4.01. The van der Waals surface area contributed by atoms with E-state index in [1.807, 2.05) is 24.4 Å². The molecule has 1 nitrogen and oxygen atoms in total. The molecule has 0 aliphatic rings. The van der Waals surface area contributed by atoms with Crippen molar-refractivity contribution in [3.63, 3.8) is 0 Å². The van der Waals surface area contributed by atoms with Crippen LogP contribution in [0.3, 0.4) is 0 Å². The summed E-state index contributed by atoms with van der Waals surface area (Å²) < 4.78 is 0. The lowest BCUT2D eigenvalue weighted by Gasteiger charge is -2.07. The molecular weight excluding hydrogens is 278 g/mol. The molecule has 0 aliphatic carbocycles. The van der Waals surface area contributed by atoms with Crippen molar-refractivity contribution >= 4 is 12.2 Å². The lowest BCUT2D eigenvalue weighted by Crippen LogP contribution is -1.96. The standard InChI is InChI=1S/C22H21N/c1-18-17-23-22(15-13-20-10-6-3-7-11-20)16-21(18)14-12-19-8-4-2-5-9-19/h2-11,13,15-17H,12,14H2,1H3. The molecule has 0 spiro atoms. The average Bonchev–Trinajstić information content (AvgIpc) is 2.62. The van der Waals surface area contributed by atoms with E-state index in [1.54, 1.807) is 0 Å². The summed E-state index contributed by atoms with van der Waals surface area (Å²) in [5, 5.41) is 0. The van der Waals surface area contributed by atoms with Crippen LogP contribution in [-0.4, -0.2) is 4.98 Å². The molecule has 1 heteroatoms. The monoisotopic (exact) mass is 299 g/mol. The molecule has 0 bridgehead atoms. The Morgan fingerprint density at radius 3 is 2.26 bits per heavy atom. The fourth-order valence-corrected chi connectivity index (χ4v) is 2.61. The van der Waals surface area contributed by atoms with Crippen LogP contribution in [0.1, 0.15) is 27.9 Å². The molecule has 1 heterocycles. The Morgan fingerprint density at radius 2 is 1.52 bits per heavy atom. The lowest BCUT2D eigenvalue weighted by atomic mass is 10.0. The fraction of sp³-hybridized carbons (Fsp3) is 0.136. The Bertz CT molecular complexity index is 774. The summed E-state index contributed by atoms with van der Waals surface area (Å²) in [6.45, 7) is 2.14. The van der Waals surface area contributed by atoms with E-state index in [2.05, 4.69) is 72.6 Å². The third kappa shape index (κ3) is 4.40. The van der Waals surface area contributed by atoms with E-state index in [0.29, 0.717) is 0 Å². The van der Waals surface area contributed by atoms with Crippen LogP contribution in [0, 0.1) is 6.92 Å². The van der Waals surface area contributed by atoms with Gasteiger partial charge in [-0.3, -0.25) is 4.98 Å². The van der Waals surface area contributed by atoms with Crippen molar-refractivity contribution in [2.75, 3.05) is 0 Å². The smallest absolute Gasteiger partial charge is 0.0632 e. The number of rotatable bonds is 5. The van der Waals surface area contributed by atoms with Gasteiger partial charge >= 0.3 is 0 Å². The molecule has 0 saturated carbocycles. The van der Waals surface area contributed by atoms with Gasteiger partial charge < -0.3 is 0 Å². The van der Waals surface area contributed by atoms with Crippen LogP contribution in [0.2, 0.25) is 0 Å². The van der Waals surface area contributed by atoms with Gasteiger partial charge in [0.15, 0.2) is 0 Å². The number of benzene rings is 2. The maximum Gasteiger partial charge on any atom is 0.0632 e. The van der Waals surface area contributed by atoms with Gasteiger partial charge in [0.05, 0.1) is 5.69 Å². The van der Waals surface area contributed by atoms with E-state index >= 15 is 0 Å². The highest BCUT2D eigenvalue weighted by molar-refractivity contribution is 5.68. The van der Waals surface area contributed by atoms with Crippen LogP contribution >= 0.6 is 0 Å². The molecule has 23 heavy (non-hydrogen) atoms. The summed E-state index contributed by atoms with van der Waals surface area (Å²) in [7, 11) is 0. The number of pyridine rings is 1.